The Kier molecular flexibility index (Phi) is 2.84. The first-order chi connectivity index (χ1) is 7.97. The van der Waals surface area contributed by atoms with Crippen LogP contribution in [-0.4, -0.2) is 26.7 Å². The maximum absolute atomic E-state index is 11.1. The fourth-order valence-electron chi connectivity index (χ4n) is 1.83. The van der Waals surface area contributed by atoms with Crippen molar-refractivity contribution in [2.24, 2.45) is 0 Å². The highest BCUT2D eigenvalue weighted by molar-refractivity contribution is 6.36. The highest BCUT2D eigenvalue weighted by Gasteiger charge is 2.08. The fourth-order valence-corrected chi connectivity index (χ4v) is 1.83. The van der Waals surface area contributed by atoms with Crippen LogP contribution < -0.4 is 16.2 Å². The van der Waals surface area contributed by atoms with E-state index >= 15 is 0 Å². The maximum atomic E-state index is 11.1. The highest BCUT2D eigenvalue weighted by Crippen LogP contribution is 2.29. The predicted octanol–water partition coefficient (Wildman–Crippen LogP) is 0.0914. The molecular formula is C12H9B2NO2. The number of rotatable bonds is 1. The predicted molar refractivity (Wildman–Crippen MR) is 70.7 cm³/mol. The van der Waals surface area contributed by atoms with Gasteiger partial charge in [0.05, 0.1) is 5.69 Å². The zero-order valence-electron chi connectivity index (χ0n) is 9.32. The van der Waals surface area contributed by atoms with Gasteiger partial charge in [0.1, 0.15) is 21.4 Å². The quantitative estimate of drug-likeness (QED) is 0.670. The molecule has 4 radical (unpaired) electrons. The molecular weight excluding hydrogens is 212 g/mol. The molecule has 2 rings (SSSR count). The van der Waals surface area contributed by atoms with Gasteiger partial charge in [0.15, 0.2) is 0 Å². The molecule has 5 heteroatoms. The molecule has 2 N–H and O–H groups in total. The summed E-state index contributed by atoms with van der Waals surface area (Å²) in [5.74, 6) is -0.211. The van der Waals surface area contributed by atoms with Crippen molar-refractivity contribution < 1.29 is 9.90 Å². The van der Waals surface area contributed by atoms with Crippen LogP contribution in [0, 0.1) is 0 Å². The number of carbonyl (C=O) groups is 1. The highest BCUT2D eigenvalue weighted by atomic mass is 16.3. The van der Waals surface area contributed by atoms with Gasteiger partial charge in [-0.1, -0.05) is 23.1 Å². The van der Waals surface area contributed by atoms with E-state index in [0.717, 1.165) is 0 Å². The average Bonchev–Trinajstić information content (AvgIpc) is 2.13. The van der Waals surface area contributed by atoms with E-state index in [0.29, 0.717) is 27.4 Å². The Morgan fingerprint density at radius 3 is 2.35 bits per heavy atom. The Hall–Kier alpha value is -1.90. The minimum Gasteiger partial charge on any atom is -0.507 e. The molecule has 0 aromatic heterocycles. The van der Waals surface area contributed by atoms with E-state index < -0.39 is 0 Å². The molecule has 80 valence electrons. The van der Waals surface area contributed by atoms with Crippen LogP contribution >= 0.6 is 0 Å². The Morgan fingerprint density at radius 2 is 1.76 bits per heavy atom. The van der Waals surface area contributed by atoms with E-state index in [1.165, 1.54) is 13.0 Å². The maximum Gasteiger partial charge on any atom is 0.221 e. The lowest BCUT2D eigenvalue weighted by Crippen LogP contribution is -2.12. The van der Waals surface area contributed by atoms with Gasteiger partial charge in [-0.2, -0.15) is 0 Å². The second-order valence-electron chi connectivity index (χ2n) is 3.89. The summed E-state index contributed by atoms with van der Waals surface area (Å²) < 4.78 is 0. The zero-order valence-corrected chi connectivity index (χ0v) is 9.32. The van der Waals surface area contributed by atoms with Gasteiger partial charge in [0, 0.05) is 12.3 Å². The number of anilines is 1. The smallest absolute Gasteiger partial charge is 0.221 e. The van der Waals surface area contributed by atoms with Crippen molar-refractivity contribution in [2.75, 3.05) is 5.32 Å². The molecule has 0 bridgehead atoms. The van der Waals surface area contributed by atoms with E-state index in [9.17, 15) is 9.90 Å². The van der Waals surface area contributed by atoms with Crippen molar-refractivity contribution in [3.63, 3.8) is 0 Å². The van der Waals surface area contributed by atoms with Crippen LogP contribution in [-0.2, 0) is 4.79 Å². The van der Waals surface area contributed by atoms with Crippen molar-refractivity contribution >= 4 is 49.0 Å². The molecule has 0 spiro atoms. The third kappa shape index (κ3) is 2.28. The van der Waals surface area contributed by atoms with Gasteiger partial charge in [0.25, 0.3) is 0 Å². The lowest BCUT2D eigenvalue weighted by atomic mass is 9.88. The molecule has 3 nitrogen and oxygen atoms in total. The molecule has 2 aromatic carbocycles. The van der Waals surface area contributed by atoms with Crippen LogP contribution in [0.3, 0.4) is 0 Å². The minimum absolute atomic E-state index is 0.0174. The topological polar surface area (TPSA) is 49.3 Å². The molecule has 2 aromatic rings. The number of phenolic OH excluding ortho intramolecular Hbond substituents is 1. The Labute approximate surface area is 102 Å². The molecule has 0 saturated carbocycles. The van der Waals surface area contributed by atoms with Crippen LogP contribution in [0.2, 0.25) is 0 Å². The number of hydrogen-bond donors (Lipinski definition) is 2. The molecule has 0 aliphatic heterocycles. The SMILES string of the molecule is [B]c1cc(O)c2c(NC(C)=O)cc([B])cc2c1. The summed E-state index contributed by atoms with van der Waals surface area (Å²) in [5.41, 5.74) is 1.41. The van der Waals surface area contributed by atoms with E-state index in [4.69, 9.17) is 15.7 Å². The van der Waals surface area contributed by atoms with E-state index in [-0.39, 0.29) is 11.7 Å². The lowest BCUT2D eigenvalue weighted by molar-refractivity contribution is -0.114. The van der Waals surface area contributed by atoms with Crippen LogP contribution in [0.25, 0.3) is 10.8 Å². The second kappa shape index (κ2) is 4.17. The van der Waals surface area contributed by atoms with Crippen molar-refractivity contribution in [1.82, 2.24) is 0 Å². The van der Waals surface area contributed by atoms with Crippen molar-refractivity contribution in [3.05, 3.63) is 24.3 Å². The number of aromatic hydroxyl groups is 1. The summed E-state index contributed by atoms with van der Waals surface area (Å²) in [5, 5.41) is 13.7. The molecule has 0 atom stereocenters. The molecule has 0 saturated heterocycles. The Balaban J connectivity index is 2.77. The summed E-state index contributed by atoms with van der Waals surface area (Å²) in [7, 11) is 11.4. The molecule has 1 amide bonds. The van der Waals surface area contributed by atoms with Gasteiger partial charge < -0.3 is 10.4 Å². The molecule has 0 fully saturated rings. The summed E-state index contributed by atoms with van der Waals surface area (Å²) in [4.78, 5) is 11.1. The number of nitrogens with one attached hydrogen (secondary N) is 1. The first-order valence-corrected chi connectivity index (χ1v) is 5.06. The standard InChI is InChI=1S/C12H9B2NO2/c1-6(16)15-10-4-8(13)2-7-3-9(14)5-11(17)12(7)10/h2-5,17H,1H3,(H,15,16). The number of amides is 1. The minimum atomic E-state index is -0.229. The second-order valence-corrected chi connectivity index (χ2v) is 3.89. The van der Waals surface area contributed by atoms with E-state index in [1.54, 1.807) is 18.2 Å². The van der Waals surface area contributed by atoms with Crippen LogP contribution in [0.1, 0.15) is 6.92 Å². The van der Waals surface area contributed by atoms with Crippen LogP contribution in [0.15, 0.2) is 24.3 Å². The van der Waals surface area contributed by atoms with Crippen LogP contribution in [0.4, 0.5) is 5.69 Å². The van der Waals surface area contributed by atoms with Crippen molar-refractivity contribution in [2.45, 2.75) is 6.92 Å². The molecule has 0 aliphatic carbocycles. The summed E-state index contributed by atoms with van der Waals surface area (Å²) in [6.07, 6.45) is 0. The first-order valence-electron chi connectivity index (χ1n) is 5.06. The van der Waals surface area contributed by atoms with Gasteiger partial charge in [0.2, 0.25) is 5.91 Å². The fraction of sp³-hybridized carbons (Fsp3) is 0.0833. The number of fused-ring (bicyclic) bond motifs is 1. The van der Waals surface area contributed by atoms with E-state index in [1.807, 2.05) is 0 Å². The number of benzene rings is 2. The number of carbonyl (C=O) groups excluding carboxylic acids is 1. The Bertz CT molecular complexity index is 606. The molecule has 0 unspecified atom stereocenters. The van der Waals surface area contributed by atoms with Gasteiger partial charge in [-0.25, -0.2) is 0 Å². The molecule has 0 aliphatic rings. The average molecular weight is 221 g/mol. The van der Waals surface area contributed by atoms with Crippen molar-refractivity contribution in [1.29, 1.82) is 0 Å². The summed E-state index contributed by atoms with van der Waals surface area (Å²) in [6, 6.07) is 6.41. The Morgan fingerprint density at radius 1 is 1.18 bits per heavy atom. The van der Waals surface area contributed by atoms with E-state index in [2.05, 4.69) is 5.32 Å². The van der Waals surface area contributed by atoms with Gasteiger partial charge in [-0.15, -0.1) is 0 Å². The summed E-state index contributed by atoms with van der Waals surface area (Å²) >= 11 is 0. The monoisotopic (exact) mass is 221 g/mol. The van der Waals surface area contributed by atoms with Crippen molar-refractivity contribution in [3.8, 4) is 5.75 Å². The number of phenols is 1. The largest absolute Gasteiger partial charge is 0.507 e. The normalized spacial score (nSPS) is 10.4. The lowest BCUT2D eigenvalue weighted by Gasteiger charge is -2.11. The molecule has 0 heterocycles. The first kappa shape index (κ1) is 11.6. The molecule has 17 heavy (non-hydrogen) atoms. The van der Waals surface area contributed by atoms with Gasteiger partial charge in [-0.05, 0) is 17.5 Å². The van der Waals surface area contributed by atoms with Crippen LogP contribution in [0.5, 0.6) is 5.75 Å². The number of hydrogen-bond acceptors (Lipinski definition) is 2. The third-order valence-corrected chi connectivity index (χ3v) is 2.38. The summed E-state index contributed by atoms with van der Waals surface area (Å²) in [6.45, 7) is 1.39. The van der Waals surface area contributed by atoms with Gasteiger partial charge >= 0.3 is 0 Å². The van der Waals surface area contributed by atoms with Gasteiger partial charge in [-0.3, -0.25) is 4.79 Å². The zero-order chi connectivity index (χ0) is 12.6. The third-order valence-electron chi connectivity index (χ3n) is 2.38.